The SMILES string of the molecule is CCOC(=O)C(CC)C(C)(O)CC(OC)OC. The van der Waals surface area contributed by atoms with Crippen molar-refractivity contribution in [3.8, 4) is 0 Å². The minimum Gasteiger partial charge on any atom is -0.466 e. The highest BCUT2D eigenvalue weighted by molar-refractivity contribution is 5.73. The van der Waals surface area contributed by atoms with Crippen molar-refractivity contribution in [3.63, 3.8) is 0 Å². The standard InChI is InChI=1S/C12H24O5/c1-6-9(11(13)17-7-2)12(3,14)8-10(15-4)16-5/h9-10,14H,6-8H2,1-5H3. The maximum Gasteiger partial charge on any atom is 0.311 e. The molecule has 0 amide bonds. The first-order valence-corrected chi connectivity index (χ1v) is 5.87. The van der Waals surface area contributed by atoms with E-state index in [0.29, 0.717) is 13.0 Å². The van der Waals surface area contributed by atoms with E-state index >= 15 is 0 Å². The summed E-state index contributed by atoms with van der Waals surface area (Å²) in [6.45, 7) is 5.49. The summed E-state index contributed by atoms with van der Waals surface area (Å²) in [6.07, 6.45) is 0.192. The summed E-state index contributed by atoms with van der Waals surface area (Å²) < 4.78 is 15.0. The van der Waals surface area contributed by atoms with Gasteiger partial charge in [-0.1, -0.05) is 6.92 Å². The van der Waals surface area contributed by atoms with Gasteiger partial charge in [-0.25, -0.2) is 0 Å². The third kappa shape index (κ3) is 5.02. The average Bonchev–Trinajstić information content (AvgIpc) is 2.26. The first-order chi connectivity index (χ1) is 7.92. The third-order valence-corrected chi connectivity index (χ3v) is 2.84. The van der Waals surface area contributed by atoms with E-state index in [9.17, 15) is 9.90 Å². The Kier molecular flexibility index (Phi) is 7.34. The van der Waals surface area contributed by atoms with Gasteiger partial charge in [-0.05, 0) is 20.3 Å². The van der Waals surface area contributed by atoms with Crippen LogP contribution >= 0.6 is 0 Å². The zero-order chi connectivity index (χ0) is 13.5. The van der Waals surface area contributed by atoms with Crippen LogP contribution in [0.3, 0.4) is 0 Å². The van der Waals surface area contributed by atoms with Crippen LogP contribution in [0, 0.1) is 5.92 Å². The molecule has 102 valence electrons. The number of hydrogen-bond donors (Lipinski definition) is 1. The van der Waals surface area contributed by atoms with E-state index in [2.05, 4.69) is 0 Å². The van der Waals surface area contributed by atoms with Gasteiger partial charge in [0.05, 0.1) is 18.1 Å². The summed E-state index contributed by atoms with van der Waals surface area (Å²) in [5, 5.41) is 10.3. The van der Waals surface area contributed by atoms with Gasteiger partial charge in [0.25, 0.3) is 0 Å². The van der Waals surface area contributed by atoms with Crippen LogP contribution in [0.25, 0.3) is 0 Å². The first kappa shape index (κ1) is 16.4. The lowest BCUT2D eigenvalue weighted by Gasteiger charge is -2.32. The average molecular weight is 248 g/mol. The molecule has 0 aromatic heterocycles. The van der Waals surface area contributed by atoms with Gasteiger partial charge in [-0.2, -0.15) is 0 Å². The minimum absolute atomic E-state index is 0.220. The highest BCUT2D eigenvalue weighted by Gasteiger charge is 2.39. The van der Waals surface area contributed by atoms with E-state index in [4.69, 9.17) is 14.2 Å². The summed E-state index contributed by atoms with van der Waals surface area (Å²) in [6, 6.07) is 0. The number of carbonyl (C=O) groups excluding carboxylic acids is 1. The van der Waals surface area contributed by atoms with Crippen LogP contribution in [-0.4, -0.2) is 43.8 Å². The molecule has 0 aromatic rings. The zero-order valence-corrected chi connectivity index (χ0v) is 11.4. The van der Waals surface area contributed by atoms with Crippen molar-refractivity contribution in [2.75, 3.05) is 20.8 Å². The Hall–Kier alpha value is -0.650. The van der Waals surface area contributed by atoms with Crippen LogP contribution in [0.5, 0.6) is 0 Å². The maximum atomic E-state index is 11.7. The highest BCUT2D eigenvalue weighted by Crippen LogP contribution is 2.27. The molecule has 0 saturated carbocycles. The number of esters is 1. The van der Waals surface area contributed by atoms with Gasteiger partial charge in [0, 0.05) is 20.6 Å². The van der Waals surface area contributed by atoms with Gasteiger partial charge in [0.1, 0.15) is 0 Å². The van der Waals surface area contributed by atoms with Crippen molar-refractivity contribution in [2.45, 2.75) is 45.5 Å². The van der Waals surface area contributed by atoms with E-state index in [1.165, 1.54) is 14.2 Å². The number of aliphatic hydroxyl groups is 1. The molecule has 2 unspecified atom stereocenters. The smallest absolute Gasteiger partial charge is 0.311 e. The Morgan fingerprint density at radius 2 is 1.82 bits per heavy atom. The zero-order valence-electron chi connectivity index (χ0n) is 11.4. The molecule has 1 N–H and O–H groups in total. The topological polar surface area (TPSA) is 65.0 Å². The third-order valence-electron chi connectivity index (χ3n) is 2.84. The van der Waals surface area contributed by atoms with Crippen LogP contribution in [0.4, 0.5) is 0 Å². The second-order valence-electron chi connectivity index (χ2n) is 4.18. The van der Waals surface area contributed by atoms with Crippen LogP contribution in [0.2, 0.25) is 0 Å². The van der Waals surface area contributed by atoms with Crippen LogP contribution in [0.1, 0.15) is 33.6 Å². The fourth-order valence-electron chi connectivity index (χ4n) is 1.85. The van der Waals surface area contributed by atoms with Crippen molar-refractivity contribution in [1.29, 1.82) is 0 Å². The number of methoxy groups -OCH3 is 2. The molecular formula is C12H24O5. The van der Waals surface area contributed by atoms with Crippen molar-refractivity contribution < 1.29 is 24.1 Å². The van der Waals surface area contributed by atoms with Crippen LogP contribution in [0.15, 0.2) is 0 Å². The van der Waals surface area contributed by atoms with Gasteiger partial charge >= 0.3 is 5.97 Å². The van der Waals surface area contributed by atoms with Crippen LogP contribution in [-0.2, 0) is 19.0 Å². The molecule has 0 saturated heterocycles. The molecule has 0 rings (SSSR count). The second kappa shape index (κ2) is 7.63. The maximum absolute atomic E-state index is 11.7. The normalized spacial score (nSPS) is 16.6. The Morgan fingerprint density at radius 1 is 1.29 bits per heavy atom. The summed E-state index contributed by atoms with van der Waals surface area (Å²) in [4.78, 5) is 11.7. The largest absolute Gasteiger partial charge is 0.466 e. The van der Waals surface area contributed by atoms with E-state index < -0.39 is 17.8 Å². The number of hydrogen-bond acceptors (Lipinski definition) is 5. The molecule has 0 aromatic carbocycles. The second-order valence-corrected chi connectivity index (χ2v) is 4.18. The van der Waals surface area contributed by atoms with E-state index in [1.807, 2.05) is 6.92 Å². The molecule has 0 aliphatic heterocycles. The van der Waals surface area contributed by atoms with Gasteiger partial charge in [-0.15, -0.1) is 0 Å². The lowest BCUT2D eigenvalue weighted by Crippen LogP contribution is -2.43. The summed E-state index contributed by atoms with van der Waals surface area (Å²) in [7, 11) is 2.99. The van der Waals surface area contributed by atoms with Crippen molar-refractivity contribution in [1.82, 2.24) is 0 Å². The number of rotatable bonds is 8. The Morgan fingerprint density at radius 3 is 2.18 bits per heavy atom. The minimum atomic E-state index is -1.21. The molecule has 0 fully saturated rings. The molecule has 5 heteroatoms. The fourth-order valence-corrected chi connectivity index (χ4v) is 1.85. The van der Waals surface area contributed by atoms with Gasteiger partial charge in [0.2, 0.25) is 0 Å². The van der Waals surface area contributed by atoms with E-state index in [-0.39, 0.29) is 12.4 Å². The van der Waals surface area contributed by atoms with Gasteiger partial charge in [0.15, 0.2) is 6.29 Å². The quantitative estimate of drug-likeness (QED) is 0.518. The Bertz CT molecular complexity index is 223. The molecule has 2 atom stereocenters. The van der Waals surface area contributed by atoms with Gasteiger partial charge in [-0.3, -0.25) is 4.79 Å². The molecule has 0 radical (unpaired) electrons. The number of ether oxygens (including phenoxy) is 3. The Balaban J connectivity index is 4.66. The van der Waals surface area contributed by atoms with Crippen molar-refractivity contribution in [3.05, 3.63) is 0 Å². The van der Waals surface area contributed by atoms with Crippen molar-refractivity contribution >= 4 is 5.97 Å². The lowest BCUT2D eigenvalue weighted by molar-refractivity contribution is -0.173. The highest BCUT2D eigenvalue weighted by atomic mass is 16.7. The molecule has 17 heavy (non-hydrogen) atoms. The molecule has 0 heterocycles. The molecular weight excluding hydrogens is 224 g/mol. The predicted molar refractivity (Wildman–Crippen MR) is 63.5 cm³/mol. The summed E-state index contributed by atoms with van der Waals surface area (Å²) in [5.41, 5.74) is -1.21. The number of carbonyl (C=O) groups is 1. The molecule has 0 aliphatic carbocycles. The summed E-state index contributed by atoms with van der Waals surface area (Å²) in [5.74, 6) is -0.957. The molecule has 0 spiro atoms. The first-order valence-electron chi connectivity index (χ1n) is 5.87. The van der Waals surface area contributed by atoms with Gasteiger partial charge < -0.3 is 19.3 Å². The van der Waals surface area contributed by atoms with E-state index in [1.54, 1.807) is 13.8 Å². The fraction of sp³-hybridized carbons (Fsp3) is 0.917. The monoisotopic (exact) mass is 248 g/mol. The Labute approximate surface area is 103 Å². The lowest BCUT2D eigenvalue weighted by atomic mass is 9.84. The summed E-state index contributed by atoms with van der Waals surface area (Å²) >= 11 is 0. The van der Waals surface area contributed by atoms with Crippen LogP contribution < -0.4 is 0 Å². The molecule has 0 bridgehead atoms. The molecule has 5 nitrogen and oxygen atoms in total. The predicted octanol–water partition coefficient (Wildman–Crippen LogP) is 1.34. The van der Waals surface area contributed by atoms with E-state index in [0.717, 1.165) is 0 Å². The van der Waals surface area contributed by atoms with Crippen molar-refractivity contribution in [2.24, 2.45) is 5.92 Å². The molecule has 0 aliphatic rings.